The zero-order chi connectivity index (χ0) is 9.30. The zero-order valence-electron chi connectivity index (χ0n) is 6.48. The number of aromatic nitrogens is 2. The van der Waals surface area contributed by atoms with Gasteiger partial charge in [-0.25, -0.2) is 4.39 Å². The molecule has 0 bridgehead atoms. The van der Waals surface area contributed by atoms with Gasteiger partial charge < -0.3 is 4.90 Å². The van der Waals surface area contributed by atoms with E-state index >= 15 is 0 Å². The minimum Gasteiger partial charge on any atom is -0.347 e. The Hall–Kier alpha value is -0.610. The Labute approximate surface area is 79.1 Å². The average molecular weight is 210 g/mol. The fourth-order valence-electron chi connectivity index (χ4n) is 0.584. The van der Waals surface area contributed by atoms with Gasteiger partial charge in [0.1, 0.15) is 0 Å². The molecule has 12 heavy (non-hydrogen) atoms. The van der Waals surface area contributed by atoms with Crippen LogP contribution < -0.4 is 4.90 Å². The summed E-state index contributed by atoms with van der Waals surface area (Å²) in [7, 11) is 3.42. The van der Waals surface area contributed by atoms with Crippen LogP contribution in [0, 0.1) is 5.82 Å². The summed E-state index contributed by atoms with van der Waals surface area (Å²) in [6.45, 7) is 0. The highest BCUT2D eigenvalue weighted by molar-refractivity contribution is 6.33. The van der Waals surface area contributed by atoms with E-state index in [9.17, 15) is 4.39 Å². The smallest absolute Gasteiger partial charge is 0.227 e. The number of hydrogen-bond donors (Lipinski definition) is 0. The number of hydrogen-bond acceptors (Lipinski definition) is 3. The first-order valence-electron chi connectivity index (χ1n) is 3.08. The van der Waals surface area contributed by atoms with Crippen molar-refractivity contribution in [2.75, 3.05) is 19.0 Å². The van der Waals surface area contributed by atoms with Crippen molar-refractivity contribution >= 4 is 29.2 Å². The lowest BCUT2D eigenvalue weighted by atomic mass is 10.6. The lowest BCUT2D eigenvalue weighted by Crippen LogP contribution is -2.13. The van der Waals surface area contributed by atoms with Crippen molar-refractivity contribution in [3.8, 4) is 0 Å². The summed E-state index contributed by atoms with van der Waals surface area (Å²) in [6, 6.07) is 0. The molecular weight excluding hydrogens is 204 g/mol. The Kier molecular flexibility index (Phi) is 2.69. The molecule has 0 amide bonds. The van der Waals surface area contributed by atoms with Crippen LogP contribution in [0.5, 0.6) is 0 Å². The molecule has 1 heterocycles. The van der Waals surface area contributed by atoms with Crippen LogP contribution in [-0.2, 0) is 0 Å². The van der Waals surface area contributed by atoms with Gasteiger partial charge in [-0.3, -0.25) is 0 Å². The predicted molar refractivity (Wildman–Crippen MR) is 46.3 cm³/mol. The van der Waals surface area contributed by atoms with Crippen LogP contribution in [-0.4, -0.2) is 24.1 Å². The molecule has 0 saturated carbocycles. The van der Waals surface area contributed by atoms with Gasteiger partial charge in [0.2, 0.25) is 5.95 Å². The molecule has 6 heteroatoms. The topological polar surface area (TPSA) is 29.0 Å². The van der Waals surface area contributed by atoms with Crippen LogP contribution in [0.1, 0.15) is 0 Å². The van der Waals surface area contributed by atoms with Gasteiger partial charge in [0.05, 0.1) is 0 Å². The monoisotopic (exact) mass is 209 g/mol. The number of halogens is 3. The Bertz CT molecular complexity index is 280. The molecule has 0 N–H and O–H groups in total. The fourth-order valence-corrected chi connectivity index (χ4v) is 0.962. The van der Waals surface area contributed by atoms with Crippen molar-refractivity contribution in [2.24, 2.45) is 0 Å². The molecule has 0 aliphatic rings. The van der Waals surface area contributed by atoms with E-state index in [4.69, 9.17) is 23.2 Å². The third-order valence-corrected chi connectivity index (χ3v) is 1.66. The van der Waals surface area contributed by atoms with Crippen molar-refractivity contribution in [1.82, 2.24) is 9.97 Å². The first-order chi connectivity index (χ1) is 5.52. The second-order valence-electron chi connectivity index (χ2n) is 2.31. The van der Waals surface area contributed by atoms with Crippen molar-refractivity contribution in [1.29, 1.82) is 0 Å². The average Bonchev–Trinajstić information content (AvgIpc) is 1.99. The van der Waals surface area contributed by atoms with E-state index in [0.717, 1.165) is 0 Å². The number of rotatable bonds is 1. The van der Waals surface area contributed by atoms with Crippen molar-refractivity contribution in [3.63, 3.8) is 0 Å². The molecule has 0 unspecified atom stereocenters. The Balaban J connectivity index is 3.21. The standard InChI is InChI=1S/C6H6Cl2FN3/c1-12(2)6-10-4(7)3(9)5(8)11-6/h1-2H3. The summed E-state index contributed by atoms with van der Waals surface area (Å²) in [5.74, 6) is -0.504. The fraction of sp³-hybridized carbons (Fsp3) is 0.333. The molecule has 0 saturated heterocycles. The highest BCUT2D eigenvalue weighted by Crippen LogP contribution is 2.21. The molecule has 0 atom stereocenters. The van der Waals surface area contributed by atoms with Crippen molar-refractivity contribution < 1.29 is 4.39 Å². The number of anilines is 1. The van der Waals surface area contributed by atoms with Gasteiger partial charge in [-0.2, -0.15) is 9.97 Å². The van der Waals surface area contributed by atoms with Gasteiger partial charge in [-0.05, 0) is 0 Å². The number of nitrogens with zero attached hydrogens (tertiary/aromatic N) is 3. The molecule has 66 valence electrons. The molecule has 0 aliphatic heterocycles. The summed E-state index contributed by atoms with van der Waals surface area (Å²) in [5, 5.41) is -0.530. The maximum Gasteiger partial charge on any atom is 0.227 e. The third-order valence-electron chi connectivity index (χ3n) is 1.16. The quantitative estimate of drug-likeness (QED) is 0.663. The van der Waals surface area contributed by atoms with E-state index in [0.29, 0.717) is 0 Å². The van der Waals surface area contributed by atoms with Crippen LogP contribution in [0.15, 0.2) is 0 Å². The molecule has 0 spiro atoms. The third kappa shape index (κ3) is 1.76. The molecule has 1 aromatic heterocycles. The van der Waals surface area contributed by atoms with Gasteiger partial charge in [0, 0.05) is 14.1 Å². The molecule has 1 rings (SSSR count). The minimum atomic E-state index is -0.788. The van der Waals surface area contributed by atoms with Crippen LogP contribution in [0.3, 0.4) is 0 Å². The summed E-state index contributed by atoms with van der Waals surface area (Å²) in [5.41, 5.74) is 0. The Morgan fingerprint density at radius 2 is 1.58 bits per heavy atom. The van der Waals surface area contributed by atoms with Crippen LogP contribution in [0.2, 0.25) is 10.3 Å². The maximum absolute atomic E-state index is 12.8. The maximum atomic E-state index is 12.8. The SMILES string of the molecule is CN(C)c1nc(Cl)c(F)c(Cl)n1. The Morgan fingerprint density at radius 1 is 1.17 bits per heavy atom. The first-order valence-corrected chi connectivity index (χ1v) is 3.84. The molecule has 0 aromatic carbocycles. The normalized spacial score (nSPS) is 10.1. The highest BCUT2D eigenvalue weighted by Gasteiger charge is 2.11. The van der Waals surface area contributed by atoms with Gasteiger partial charge in [0.25, 0.3) is 0 Å². The molecule has 0 fully saturated rings. The molecule has 0 aliphatic carbocycles. The van der Waals surface area contributed by atoms with Crippen molar-refractivity contribution in [3.05, 3.63) is 16.1 Å². The van der Waals surface area contributed by atoms with Gasteiger partial charge in [0.15, 0.2) is 16.1 Å². The largest absolute Gasteiger partial charge is 0.347 e. The second kappa shape index (κ2) is 3.41. The molecular formula is C6H6Cl2FN3. The summed E-state index contributed by atoms with van der Waals surface area (Å²) in [4.78, 5) is 8.89. The van der Waals surface area contributed by atoms with Crippen LogP contribution in [0.4, 0.5) is 10.3 Å². The van der Waals surface area contributed by atoms with E-state index in [1.807, 2.05) is 0 Å². The lowest BCUT2D eigenvalue weighted by molar-refractivity contribution is 0.614. The van der Waals surface area contributed by atoms with Gasteiger partial charge in [-0.15, -0.1) is 0 Å². The molecule has 0 radical (unpaired) electrons. The first kappa shape index (κ1) is 9.48. The summed E-state index contributed by atoms with van der Waals surface area (Å²) >= 11 is 10.9. The molecule has 3 nitrogen and oxygen atoms in total. The van der Waals surface area contributed by atoms with E-state index in [1.54, 1.807) is 19.0 Å². The lowest BCUT2D eigenvalue weighted by Gasteiger charge is -2.09. The second-order valence-corrected chi connectivity index (χ2v) is 3.03. The Morgan fingerprint density at radius 3 is 1.92 bits per heavy atom. The van der Waals surface area contributed by atoms with Crippen molar-refractivity contribution in [2.45, 2.75) is 0 Å². The van der Waals surface area contributed by atoms with Crippen LogP contribution >= 0.6 is 23.2 Å². The van der Waals surface area contributed by atoms with Gasteiger partial charge >= 0.3 is 0 Å². The molecule has 1 aromatic rings. The van der Waals surface area contributed by atoms with Crippen LogP contribution in [0.25, 0.3) is 0 Å². The summed E-state index contributed by atoms with van der Waals surface area (Å²) in [6.07, 6.45) is 0. The van der Waals surface area contributed by atoms with E-state index < -0.39 is 5.82 Å². The van der Waals surface area contributed by atoms with E-state index in [2.05, 4.69) is 9.97 Å². The predicted octanol–water partition coefficient (Wildman–Crippen LogP) is 1.99. The zero-order valence-corrected chi connectivity index (χ0v) is 7.99. The summed E-state index contributed by atoms with van der Waals surface area (Å²) < 4.78 is 12.8. The van der Waals surface area contributed by atoms with E-state index in [-0.39, 0.29) is 16.3 Å². The minimum absolute atomic E-state index is 0.265. The van der Waals surface area contributed by atoms with E-state index in [1.165, 1.54) is 0 Å². The highest BCUT2D eigenvalue weighted by atomic mass is 35.5. The van der Waals surface area contributed by atoms with Gasteiger partial charge in [-0.1, -0.05) is 23.2 Å².